The lowest BCUT2D eigenvalue weighted by Crippen LogP contribution is -2.46. The highest BCUT2D eigenvalue weighted by molar-refractivity contribution is 6.03. The molecule has 0 aliphatic carbocycles. The molecule has 4 atom stereocenters. The van der Waals surface area contributed by atoms with Gasteiger partial charge in [0.05, 0.1) is 20.1 Å². The first kappa shape index (κ1) is 20.9. The van der Waals surface area contributed by atoms with Crippen molar-refractivity contribution in [2.45, 2.75) is 31.0 Å². The number of methoxy groups -OCH3 is 1. The molecule has 29 heavy (non-hydrogen) atoms. The predicted molar refractivity (Wildman–Crippen MR) is 99.8 cm³/mol. The van der Waals surface area contributed by atoms with Gasteiger partial charge in [0, 0.05) is 11.8 Å². The lowest BCUT2D eigenvalue weighted by Gasteiger charge is -2.11. The monoisotopic (exact) mass is 403 g/mol. The average molecular weight is 403 g/mol. The van der Waals surface area contributed by atoms with Crippen LogP contribution in [0.1, 0.15) is 22.1 Å². The highest BCUT2D eigenvalue weighted by Crippen LogP contribution is 2.25. The molecule has 0 spiro atoms. The summed E-state index contributed by atoms with van der Waals surface area (Å²) in [6, 6.07) is 10.0. The first-order valence-electron chi connectivity index (χ1n) is 9.03. The van der Waals surface area contributed by atoms with E-state index in [0.29, 0.717) is 11.3 Å². The summed E-state index contributed by atoms with van der Waals surface area (Å²) < 4.78 is 11.6. The van der Waals surface area contributed by atoms with Gasteiger partial charge in [-0.25, -0.2) is 0 Å². The van der Waals surface area contributed by atoms with Crippen molar-refractivity contribution in [2.24, 2.45) is 0 Å². The summed E-state index contributed by atoms with van der Waals surface area (Å²) in [5, 5.41) is 32.0. The molecule has 1 amide bonds. The lowest BCUT2D eigenvalue weighted by molar-refractivity contribution is -0.765. The number of aliphatic hydroxyl groups excluding tert-OH is 3. The van der Waals surface area contributed by atoms with Crippen LogP contribution in [0.5, 0.6) is 0 Å². The maximum atomic E-state index is 12.6. The predicted octanol–water partition coefficient (Wildman–Crippen LogP) is -0.447. The lowest BCUT2D eigenvalue weighted by atomic mass is 10.1. The third kappa shape index (κ3) is 4.77. The summed E-state index contributed by atoms with van der Waals surface area (Å²) in [5.74, 6) is -0.729. The number of benzene rings is 1. The Labute approximate surface area is 167 Å². The molecule has 2 aromatic rings. The van der Waals surface area contributed by atoms with E-state index >= 15 is 0 Å². The first-order chi connectivity index (χ1) is 13.9. The van der Waals surface area contributed by atoms with Crippen LogP contribution in [-0.2, 0) is 20.7 Å². The molecule has 2 unspecified atom stereocenters. The number of ether oxygens (including phenoxy) is 2. The van der Waals surface area contributed by atoms with E-state index in [9.17, 15) is 24.9 Å². The number of rotatable bonds is 6. The van der Waals surface area contributed by atoms with Gasteiger partial charge in [-0.05, 0) is 23.8 Å². The van der Waals surface area contributed by atoms with Crippen LogP contribution >= 0.6 is 0 Å². The number of carbonyl (C=O) groups is 2. The minimum absolute atomic E-state index is 0.147. The molecule has 1 fully saturated rings. The van der Waals surface area contributed by atoms with E-state index in [0.717, 1.165) is 5.56 Å². The highest BCUT2D eigenvalue weighted by atomic mass is 16.6. The Morgan fingerprint density at radius 2 is 1.90 bits per heavy atom. The summed E-state index contributed by atoms with van der Waals surface area (Å²) >= 11 is 0. The van der Waals surface area contributed by atoms with Crippen LogP contribution in [0.25, 0.3) is 0 Å². The molecule has 2 heterocycles. The van der Waals surface area contributed by atoms with Crippen LogP contribution in [-0.4, -0.2) is 59.2 Å². The average Bonchev–Trinajstić information content (AvgIpc) is 3.03. The molecule has 1 aliphatic rings. The molecule has 9 heteroatoms. The molecule has 154 valence electrons. The molecule has 1 aromatic heterocycles. The van der Waals surface area contributed by atoms with Crippen molar-refractivity contribution in [3.63, 3.8) is 0 Å². The Balaban J connectivity index is 1.69. The second-order valence-corrected chi connectivity index (χ2v) is 6.67. The number of carbonyl (C=O) groups excluding carboxylic acids is 2. The minimum Gasteiger partial charge on any atom is -0.469 e. The Hall–Kier alpha value is -2.85. The normalized spacial score (nSPS) is 23.6. The van der Waals surface area contributed by atoms with Crippen LogP contribution < -0.4 is 9.88 Å². The van der Waals surface area contributed by atoms with Gasteiger partial charge in [0.15, 0.2) is 18.5 Å². The molecule has 1 saturated heterocycles. The van der Waals surface area contributed by atoms with Gasteiger partial charge in [-0.3, -0.25) is 9.59 Å². The number of aliphatic hydroxyl groups is 3. The Kier molecular flexibility index (Phi) is 6.55. The van der Waals surface area contributed by atoms with Crippen molar-refractivity contribution >= 4 is 17.6 Å². The van der Waals surface area contributed by atoms with Gasteiger partial charge in [-0.1, -0.05) is 12.1 Å². The van der Waals surface area contributed by atoms with Crippen molar-refractivity contribution in [3.05, 3.63) is 59.9 Å². The molecular formula is C20H23N2O7+. The molecular weight excluding hydrogens is 380 g/mol. The Morgan fingerprint density at radius 3 is 2.52 bits per heavy atom. The number of anilines is 1. The van der Waals surface area contributed by atoms with Crippen molar-refractivity contribution in [2.75, 3.05) is 19.0 Å². The number of nitrogens with one attached hydrogen (secondary N) is 1. The molecule has 3 rings (SSSR count). The second-order valence-electron chi connectivity index (χ2n) is 6.67. The van der Waals surface area contributed by atoms with Crippen LogP contribution in [0, 0.1) is 0 Å². The zero-order valence-electron chi connectivity index (χ0n) is 15.8. The van der Waals surface area contributed by atoms with Gasteiger partial charge in [0.1, 0.15) is 17.8 Å². The maximum absolute atomic E-state index is 12.6. The zero-order chi connectivity index (χ0) is 21.0. The van der Waals surface area contributed by atoms with Gasteiger partial charge in [-0.2, -0.15) is 4.57 Å². The first-order valence-corrected chi connectivity index (χ1v) is 9.03. The quantitative estimate of drug-likeness (QED) is 0.380. The van der Waals surface area contributed by atoms with Gasteiger partial charge in [0.2, 0.25) is 0 Å². The molecule has 0 bridgehead atoms. The third-order valence-electron chi connectivity index (χ3n) is 4.68. The number of aromatic nitrogens is 1. The van der Waals surface area contributed by atoms with Gasteiger partial charge < -0.3 is 30.1 Å². The van der Waals surface area contributed by atoms with E-state index < -0.39 is 31.1 Å². The number of hydrogen-bond donors (Lipinski definition) is 4. The van der Waals surface area contributed by atoms with E-state index in [1.165, 1.54) is 17.9 Å². The number of nitrogens with zero attached hydrogens (tertiary/aromatic N) is 1. The van der Waals surface area contributed by atoms with E-state index in [1.54, 1.807) is 42.6 Å². The Bertz CT molecular complexity index is 871. The fourth-order valence-electron chi connectivity index (χ4n) is 3.06. The van der Waals surface area contributed by atoms with Gasteiger partial charge in [0.25, 0.3) is 12.1 Å². The molecule has 1 aliphatic heterocycles. The van der Waals surface area contributed by atoms with Crippen LogP contribution in [0.3, 0.4) is 0 Å². The summed E-state index contributed by atoms with van der Waals surface area (Å²) in [6.45, 7) is -0.429. The second kappa shape index (κ2) is 9.10. The van der Waals surface area contributed by atoms with Crippen molar-refractivity contribution in [3.8, 4) is 0 Å². The van der Waals surface area contributed by atoms with Crippen molar-refractivity contribution in [1.29, 1.82) is 0 Å². The van der Waals surface area contributed by atoms with Crippen molar-refractivity contribution in [1.82, 2.24) is 0 Å². The number of esters is 1. The fourth-order valence-corrected chi connectivity index (χ4v) is 3.06. The van der Waals surface area contributed by atoms with Crippen LogP contribution in [0.15, 0.2) is 48.8 Å². The maximum Gasteiger partial charge on any atom is 0.309 e. The van der Waals surface area contributed by atoms with E-state index in [-0.39, 0.29) is 18.3 Å². The highest BCUT2D eigenvalue weighted by Gasteiger charge is 2.48. The van der Waals surface area contributed by atoms with Crippen molar-refractivity contribution < 1.29 is 38.9 Å². The van der Waals surface area contributed by atoms with Gasteiger partial charge >= 0.3 is 5.97 Å². The SMILES string of the molecule is COC(=O)Cc1ccc(NC(=O)c2ccc[n+](C3OC(CO)[C@@H](O)[C@H]3O)c2)cc1. The topological polar surface area (TPSA) is 129 Å². The summed E-state index contributed by atoms with van der Waals surface area (Å²) in [6.07, 6.45) is -1.05. The summed E-state index contributed by atoms with van der Waals surface area (Å²) in [4.78, 5) is 23.9. The summed E-state index contributed by atoms with van der Waals surface area (Å²) in [5.41, 5.74) is 1.62. The standard InChI is InChI=1S/C20H22N2O7/c1-28-16(24)9-12-4-6-14(7-5-12)21-19(27)13-3-2-8-22(10-13)20-18(26)17(25)15(11-23)29-20/h2-8,10,15,17-18,20,23,25-26H,9,11H2,1H3/p+1/t15?,17-,18-,20?/m1/s1. The summed E-state index contributed by atoms with van der Waals surface area (Å²) in [7, 11) is 1.32. The van der Waals surface area contributed by atoms with Crippen LogP contribution in [0.4, 0.5) is 5.69 Å². The fraction of sp³-hybridized carbons (Fsp3) is 0.350. The van der Waals surface area contributed by atoms with E-state index in [4.69, 9.17) is 4.74 Å². The number of pyridine rings is 1. The van der Waals surface area contributed by atoms with Crippen LogP contribution in [0.2, 0.25) is 0 Å². The van der Waals surface area contributed by atoms with Gasteiger partial charge in [-0.15, -0.1) is 0 Å². The zero-order valence-corrected chi connectivity index (χ0v) is 15.8. The largest absolute Gasteiger partial charge is 0.469 e. The Morgan fingerprint density at radius 1 is 1.17 bits per heavy atom. The third-order valence-corrected chi connectivity index (χ3v) is 4.68. The van der Waals surface area contributed by atoms with E-state index in [1.807, 2.05) is 0 Å². The molecule has 9 nitrogen and oxygen atoms in total. The molecule has 4 N–H and O–H groups in total. The number of amides is 1. The smallest absolute Gasteiger partial charge is 0.309 e. The number of hydrogen-bond acceptors (Lipinski definition) is 7. The molecule has 0 saturated carbocycles. The minimum atomic E-state index is -1.24. The molecule has 0 radical (unpaired) electrons. The molecule has 1 aromatic carbocycles. The van der Waals surface area contributed by atoms with E-state index in [2.05, 4.69) is 10.1 Å².